The molecule has 0 amide bonds. The summed E-state index contributed by atoms with van der Waals surface area (Å²) in [5, 5.41) is 3.41. The molecule has 0 bridgehead atoms. The Morgan fingerprint density at radius 1 is 1.42 bits per heavy atom. The topological polar surface area (TPSA) is 39.7 Å². The highest BCUT2D eigenvalue weighted by atomic mass is 16.6. The van der Waals surface area contributed by atoms with E-state index in [4.69, 9.17) is 14.2 Å². The Morgan fingerprint density at radius 3 is 2.79 bits per heavy atom. The first kappa shape index (κ1) is 14.3. The fraction of sp³-hybridized carbons (Fsp3) is 0.600. The zero-order valence-electron chi connectivity index (χ0n) is 11.9. The Bertz CT molecular complexity index is 404. The average Bonchev–Trinajstić information content (AvgIpc) is 2.37. The summed E-state index contributed by atoms with van der Waals surface area (Å²) in [5.41, 5.74) is 2.35. The van der Waals surface area contributed by atoms with Crippen molar-refractivity contribution < 1.29 is 14.2 Å². The Balaban J connectivity index is 2.06. The van der Waals surface area contributed by atoms with Gasteiger partial charge in [0.15, 0.2) is 0 Å². The van der Waals surface area contributed by atoms with Crippen molar-refractivity contribution in [3.05, 3.63) is 29.3 Å². The predicted molar refractivity (Wildman–Crippen MR) is 74.5 cm³/mol. The van der Waals surface area contributed by atoms with Crippen LogP contribution in [0, 0.1) is 0 Å². The molecule has 1 N–H and O–H groups in total. The molecule has 1 saturated heterocycles. The molecule has 1 aliphatic rings. The second kappa shape index (κ2) is 6.89. The summed E-state index contributed by atoms with van der Waals surface area (Å²) in [6, 6.07) is 6.61. The zero-order chi connectivity index (χ0) is 13.7. The van der Waals surface area contributed by atoms with E-state index in [0.29, 0.717) is 25.9 Å². The van der Waals surface area contributed by atoms with Crippen molar-refractivity contribution in [2.75, 3.05) is 26.9 Å². The van der Waals surface area contributed by atoms with E-state index in [1.165, 1.54) is 5.56 Å². The Morgan fingerprint density at radius 2 is 2.21 bits per heavy atom. The molecule has 4 nitrogen and oxygen atoms in total. The third-order valence-electron chi connectivity index (χ3n) is 3.40. The van der Waals surface area contributed by atoms with Crippen LogP contribution in [-0.2, 0) is 16.1 Å². The van der Waals surface area contributed by atoms with E-state index in [2.05, 4.69) is 31.3 Å². The molecule has 0 saturated carbocycles. The molecule has 1 aliphatic heterocycles. The lowest BCUT2D eigenvalue weighted by atomic mass is 10.0. The number of benzene rings is 1. The highest BCUT2D eigenvalue weighted by molar-refractivity contribution is 5.38. The zero-order valence-corrected chi connectivity index (χ0v) is 11.9. The van der Waals surface area contributed by atoms with Crippen LogP contribution in [0.2, 0.25) is 0 Å². The second-order valence-electron chi connectivity index (χ2n) is 4.82. The highest BCUT2D eigenvalue weighted by Crippen LogP contribution is 2.25. The molecule has 0 aromatic heterocycles. The summed E-state index contributed by atoms with van der Waals surface area (Å²) < 4.78 is 16.3. The maximum absolute atomic E-state index is 5.78. The molecule has 0 spiro atoms. The summed E-state index contributed by atoms with van der Waals surface area (Å²) in [7, 11) is 1.69. The van der Waals surface area contributed by atoms with Gasteiger partial charge in [0, 0.05) is 11.6 Å². The van der Waals surface area contributed by atoms with Crippen molar-refractivity contribution in [1.82, 2.24) is 5.32 Å². The first-order chi connectivity index (χ1) is 9.24. The van der Waals surface area contributed by atoms with Gasteiger partial charge >= 0.3 is 0 Å². The standard InChI is InChI=1S/C15H23NO3/c1-4-16-11(2)12-5-6-15(17-3)13(7-12)8-19-14-9-18-10-14/h5-7,11,14,16H,4,8-10H2,1-3H3. The van der Waals surface area contributed by atoms with E-state index in [-0.39, 0.29) is 6.10 Å². The molecule has 1 heterocycles. The van der Waals surface area contributed by atoms with Crippen molar-refractivity contribution in [1.29, 1.82) is 0 Å². The van der Waals surface area contributed by atoms with Crippen LogP contribution < -0.4 is 10.1 Å². The molecule has 1 unspecified atom stereocenters. The number of ether oxygens (including phenoxy) is 3. The minimum absolute atomic E-state index is 0.236. The van der Waals surface area contributed by atoms with Crippen LogP contribution in [0.3, 0.4) is 0 Å². The molecular weight excluding hydrogens is 242 g/mol. The van der Waals surface area contributed by atoms with Gasteiger partial charge in [0.1, 0.15) is 11.9 Å². The summed E-state index contributed by atoms with van der Waals surface area (Å²) >= 11 is 0. The first-order valence-corrected chi connectivity index (χ1v) is 6.84. The molecule has 106 valence electrons. The van der Waals surface area contributed by atoms with Crippen LogP contribution in [0.25, 0.3) is 0 Å². The Labute approximate surface area is 115 Å². The van der Waals surface area contributed by atoms with Crippen LogP contribution in [0.1, 0.15) is 31.0 Å². The van der Waals surface area contributed by atoms with Gasteiger partial charge in [0.2, 0.25) is 0 Å². The van der Waals surface area contributed by atoms with Crippen molar-refractivity contribution in [2.45, 2.75) is 32.6 Å². The van der Waals surface area contributed by atoms with Gasteiger partial charge in [-0.2, -0.15) is 0 Å². The molecular formula is C15H23NO3. The predicted octanol–water partition coefficient (Wildman–Crippen LogP) is 2.28. The lowest BCUT2D eigenvalue weighted by molar-refractivity contribution is -0.135. The third-order valence-corrected chi connectivity index (χ3v) is 3.40. The number of hydrogen-bond acceptors (Lipinski definition) is 4. The van der Waals surface area contributed by atoms with Gasteiger partial charge in [0.05, 0.1) is 26.9 Å². The van der Waals surface area contributed by atoms with Gasteiger partial charge in [-0.1, -0.05) is 13.0 Å². The van der Waals surface area contributed by atoms with Crippen molar-refractivity contribution in [2.24, 2.45) is 0 Å². The lowest BCUT2D eigenvalue weighted by Crippen LogP contribution is -2.35. The molecule has 4 heteroatoms. The van der Waals surface area contributed by atoms with E-state index >= 15 is 0 Å². The van der Waals surface area contributed by atoms with Gasteiger partial charge < -0.3 is 19.5 Å². The van der Waals surface area contributed by atoms with E-state index in [1.54, 1.807) is 7.11 Å². The van der Waals surface area contributed by atoms with Gasteiger partial charge in [0.25, 0.3) is 0 Å². The molecule has 1 aromatic carbocycles. The first-order valence-electron chi connectivity index (χ1n) is 6.84. The van der Waals surface area contributed by atoms with Crippen LogP contribution in [0.4, 0.5) is 0 Å². The van der Waals surface area contributed by atoms with Gasteiger partial charge in [-0.25, -0.2) is 0 Å². The maximum Gasteiger partial charge on any atom is 0.124 e. The monoisotopic (exact) mass is 265 g/mol. The van der Waals surface area contributed by atoms with Gasteiger partial charge in [-0.05, 0) is 31.2 Å². The largest absolute Gasteiger partial charge is 0.496 e. The fourth-order valence-electron chi connectivity index (χ4n) is 2.12. The summed E-state index contributed by atoms with van der Waals surface area (Å²) in [5.74, 6) is 0.882. The van der Waals surface area contributed by atoms with E-state index in [1.807, 2.05) is 6.07 Å². The average molecular weight is 265 g/mol. The van der Waals surface area contributed by atoms with Crippen molar-refractivity contribution in [3.8, 4) is 5.75 Å². The Kier molecular flexibility index (Phi) is 5.19. The smallest absolute Gasteiger partial charge is 0.124 e. The molecule has 2 rings (SSSR count). The summed E-state index contributed by atoms with van der Waals surface area (Å²) in [6.45, 7) is 7.21. The Hall–Kier alpha value is -1.10. The molecule has 1 aromatic rings. The molecule has 0 aliphatic carbocycles. The quantitative estimate of drug-likeness (QED) is 0.821. The second-order valence-corrected chi connectivity index (χ2v) is 4.82. The molecule has 1 fully saturated rings. The minimum atomic E-state index is 0.236. The van der Waals surface area contributed by atoms with Gasteiger partial charge in [-0.3, -0.25) is 0 Å². The number of rotatable bonds is 7. The lowest BCUT2D eigenvalue weighted by Gasteiger charge is -2.26. The van der Waals surface area contributed by atoms with Crippen molar-refractivity contribution >= 4 is 0 Å². The third kappa shape index (κ3) is 3.69. The normalized spacial score (nSPS) is 17.0. The maximum atomic E-state index is 5.78. The minimum Gasteiger partial charge on any atom is -0.496 e. The molecule has 0 radical (unpaired) electrons. The number of hydrogen-bond donors (Lipinski definition) is 1. The van der Waals surface area contributed by atoms with Crippen LogP contribution in [0.15, 0.2) is 18.2 Å². The molecule has 1 atom stereocenters. The summed E-state index contributed by atoms with van der Waals surface area (Å²) in [6.07, 6.45) is 0.236. The fourth-order valence-corrected chi connectivity index (χ4v) is 2.12. The van der Waals surface area contributed by atoms with Crippen LogP contribution in [0.5, 0.6) is 5.75 Å². The van der Waals surface area contributed by atoms with E-state index < -0.39 is 0 Å². The number of methoxy groups -OCH3 is 1. The SMILES string of the molecule is CCNC(C)c1ccc(OC)c(COC2COC2)c1. The van der Waals surface area contributed by atoms with E-state index in [9.17, 15) is 0 Å². The number of nitrogens with one attached hydrogen (secondary N) is 1. The van der Waals surface area contributed by atoms with Crippen molar-refractivity contribution in [3.63, 3.8) is 0 Å². The van der Waals surface area contributed by atoms with Crippen LogP contribution >= 0.6 is 0 Å². The summed E-state index contributed by atoms with van der Waals surface area (Å²) in [4.78, 5) is 0. The van der Waals surface area contributed by atoms with Crippen LogP contribution in [-0.4, -0.2) is 33.0 Å². The molecule has 19 heavy (non-hydrogen) atoms. The van der Waals surface area contributed by atoms with Gasteiger partial charge in [-0.15, -0.1) is 0 Å². The van der Waals surface area contributed by atoms with E-state index in [0.717, 1.165) is 17.9 Å². The highest BCUT2D eigenvalue weighted by Gasteiger charge is 2.19.